The minimum atomic E-state index is 0.102. The third-order valence-corrected chi connectivity index (χ3v) is 4.29. The van der Waals surface area contributed by atoms with Gasteiger partial charge in [0.05, 0.1) is 13.5 Å². The number of hydrogen-bond acceptors (Lipinski definition) is 4. The number of benzene rings is 1. The van der Waals surface area contributed by atoms with E-state index in [0.29, 0.717) is 39.0 Å². The second-order valence-corrected chi connectivity index (χ2v) is 6.00. The lowest BCUT2D eigenvalue weighted by molar-refractivity contribution is -0.139. The van der Waals surface area contributed by atoms with Gasteiger partial charge < -0.3 is 19.9 Å². The van der Waals surface area contributed by atoms with E-state index in [0.717, 1.165) is 24.3 Å². The summed E-state index contributed by atoms with van der Waals surface area (Å²) in [5, 5.41) is 3.05. The van der Waals surface area contributed by atoms with E-state index >= 15 is 0 Å². The summed E-state index contributed by atoms with van der Waals surface area (Å²) in [5.74, 6) is 1.05. The second-order valence-electron chi connectivity index (χ2n) is 6.00. The highest BCUT2D eigenvalue weighted by atomic mass is 16.5. The van der Waals surface area contributed by atoms with Gasteiger partial charge in [0.1, 0.15) is 5.75 Å². The SMILES string of the molecule is CNCCCC(=O)N1CCN(C(=O)Cc2cccc(OC)c2)CC1. The number of hydrogen-bond donors (Lipinski definition) is 1. The number of nitrogens with zero attached hydrogens (tertiary/aromatic N) is 2. The molecule has 1 aromatic carbocycles. The fourth-order valence-electron chi connectivity index (χ4n) is 2.85. The van der Waals surface area contributed by atoms with E-state index in [1.54, 1.807) is 7.11 Å². The smallest absolute Gasteiger partial charge is 0.227 e. The topological polar surface area (TPSA) is 61.9 Å². The molecular formula is C18H27N3O3. The first-order chi connectivity index (χ1) is 11.6. The van der Waals surface area contributed by atoms with Gasteiger partial charge in [0.15, 0.2) is 0 Å². The van der Waals surface area contributed by atoms with Crippen LogP contribution >= 0.6 is 0 Å². The molecule has 0 saturated carbocycles. The zero-order chi connectivity index (χ0) is 17.4. The Morgan fingerprint density at radius 3 is 2.42 bits per heavy atom. The average molecular weight is 333 g/mol. The first-order valence-electron chi connectivity index (χ1n) is 8.47. The van der Waals surface area contributed by atoms with Crippen molar-refractivity contribution in [2.45, 2.75) is 19.3 Å². The lowest BCUT2D eigenvalue weighted by Crippen LogP contribution is -2.51. The maximum atomic E-state index is 12.4. The van der Waals surface area contributed by atoms with E-state index in [1.807, 2.05) is 41.1 Å². The number of piperazine rings is 1. The van der Waals surface area contributed by atoms with Crippen LogP contribution in [-0.4, -0.2) is 68.5 Å². The molecule has 0 aromatic heterocycles. The van der Waals surface area contributed by atoms with Gasteiger partial charge in [0.25, 0.3) is 0 Å². The van der Waals surface area contributed by atoms with Crippen LogP contribution in [0.3, 0.4) is 0 Å². The van der Waals surface area contributed by atoms with Crippen molar-refractivity contribution in [1.29, 1.82) is 0 Å². The quantitative estimate of drug-likeness (QED) is 0.754. The van der Waals surface area contributed by atoms with Crippen LogP contribution in [0.1, 0.15) is 18.4 Å². The number of rotatable bonds is 7. The third-order valence-electron chi connectivity index (χ3n) is 4.29. The van der Waals surface area contributed by atoms with Gasteiger partial charge in [-0.15, -0.1) is 0 Å². The summed E-state index contributed by atoms with van der Waals surface area (Å²) in [5.41, 5.74) is 0.949. The third kappa shape index (κ3) is 5.23. The lowest BCUT2D eigenvalue weighted by atomic mass is 10.1. The van der Waals surface area contributed by atoms with E-state index in [4.69, 9.17) is 4.74 Å². The van der Waals surface area contributed by atoms with E-state index in [2.05, 4.69) is 5.32 Å². The molecule has 0 bridgehead atoms. The summed E-state index contributed by atoms with van der Waals surface area (Å²) >= 11 is 0. The van der Waals surface area contributed by atoms with Crippen molar-refractivity contribution in [3.63, 3.8) is 0 Å². The number of carbonyl (C=O) groups is 2. The molecule has 0 spiro atoms. The molecule has 6 heteroatoms. The molecule has 6 nitrogen and oxygen atoms in total. The Kier molecular flexibility index (Phi) is 7.06. The van der Waals surface area contributed by atoms with Gasteiger partial charge in [-0.3, -0.25) is 9.59 Å². The van der Waals surface area contributed by atoms with Crippen molar-refractivity contribution in [3.05, 3.63) is 29.8 Å². The summed E-state index contributed by atoms with van der Waals surface area (Å²) in [7, 11) is 3.50. The van der Waals surface area contributed by atoms with Gasteiger partial charge in [-0.05, 0) is 37.7 Å². The van der Waals surface area contributed by atoms with Crippen LogP contribution in [0.5, 0.6) is 5.75 Å². The van der Waals surface area contributed by atoms with Gasteiger partial charge in [-0.2, -0.15) is 0 Å². The fraction of sp³-hybridized carbons (Fsp3) is 0.556. The molecule has 0 atom stereocenters. The van der Waals surface area contributed by atoms with E-state index < -0.39 is 0 Å². The molecule has 2 amide bonds. The molecule has 1 aromatic rings. The van der Waals surface area contributed by atoms with E-state index in [-0.39, 0.29) is 11.8 Å². The van der Waals surface area contributed by atoms with Crippen LogP contribution in [0, 0.1) is 0 Å². The lowest BCUT2D eigenvalue weighted by Gasteiger charge is -2.35. The molecule has 24 heavy (non-hydrogen) atoms. The second kappa shape index (κ2) is 9.27. The summed E-state index contributed by atoms with van der Waals surface area (Å²) in [4.78, 5) is 28.2. The zero-order valence-corrected chi connectivity index (χ0v) is 14.6. The highest BCUT2D eigenvalue weighted by Gasteiger charge is 2.23. The first kappa shape index (κ1) is 18.3. The van der Waals surface area contributed by atoms with Gasteiger partial charge in [-0.25, -0.2) is 0 Å². The van der Waals surface area contributed by atoms with Crippen molar-refractivity contribution in [2.75, 3.05) is 46.9 Å². The van der Waals surface area contributed by atoms with Crippen molar-refractivity contribution >= 4 is 11.8 Å². The Morgan fingerprint density at radius 2 is 1.79 bits per heavy atom. The maximum absolute atomic E-state index is 12.4. The van der Waals surface area contributed by atoms with Crippen LogP contribution in [0.15, 0.2) is 24.3 Å². The largest absolute Gasteiger partial charge is 0.497 e. The summed E-state index contributed by atoms with van der Waals surface area (Å²) in [6.07, 6.45) is 1.79. The van der Waals surface area contributed by atoms with E-state index in [9.17, 15) is 9.59 Å². The molecule has 1 fully saturated rings. The Morgan fingerprint density at radius 1 is 1.12 bits per heavy atom. The predicted molar refractivity (Wildman–Crippen MR) is 93.0 cm³/mol. The molecule has 1 N–H and O–H groups in total. The number of methoxy groups -OCH3 is 1. The van der Waals surface area contributed by atoms with Gasteiger partial charge in [-0.1, -0.05) is 12.1 Å². The van der Waals surface area contributed by atoms with Crippen LogP contribution in [0.25, 0.3) is 0 Å². The van der Waals surface area contributed by atoms with Crippen molar-refractivity contribution < 1.29 is 14.3 Å². The summed E-state index contributed by atoms with van der Waals surface area (Å²) in [6, 6.07) is 7.58. The van der Waals surface area contributed by atoms with Gasteiger partial charge >= 0.3 is 0 Å². The zero-order valence-electron chi connectivity index (χ0n) is 14.6. The van der Waals surface area contributed by atoms with Crippen LogP contribution in [0.2, 0.25) is 0 Å². The Labute approximate surface area is 143 Å². The molecule has 1 saturated heterocycles. The van der Waals surface area contributed by atoms with Crippen LogP contribution < -0.4 is 10.1 Å². The minimum Gasteiger partial charge on any atom is -0.497 e. The normalized spacial score (nSPS) is 14.6. The van der Waals surface area contributed by atoms with Crippen LogP contribution in [0.4, 0.5) is 0 Å². The summed E-state index contributed by atoms with van der Waals surface area (Å²) < 4.78 is 5.19. The maximum Gasteiger partial charge on any atom is 0.227 e. The molecule has 0 unspecified atom stereocenters. The molecule has 1 aliphatic heterocycles. The highest BCUT2D eigenvalue weighted by molar-refractivity contribution is 5.80. The molecule has 1 aliphatic rings. The Hall–Kier alpha value is -2.08. The minimum absolute atomic E-state index is 0.102. The first-order valence-corrected chi connectivity index (χ1v) is 8.47. The molecule has 2 rings (SSSR count). The number of carbonyl (C=O) groups excluding carboxylic acids is 2. The average Bonchev–Trinajstić information content (AvgIpc) is 2.62. The van der Waals surface area contributed by atoms with Gasteiger partial charge in [0.2, 0.25) is 11.8 Å². The van der Waals surface area contributed by atoms with Crippen molar-refractivity contribution in [1.82, 2.24) is 15.1 Å². The van der Waals surface area contributed by atoms with E-state index in [1.165, 1.54) is 0 Å². The molecule has 1 heterocycles. The van der Waals surface area contributed by atoms with Gasteiger partial charge in [0, 0.05) is 32.6 Å². The summed E-state index contributed by atoms with van der Waals surface area (Å²) in [6.45, 7) is 3.33. The molecule has 0 aliphatic carbocycles. The molecule has 132 valence electrons. The Balaban J connectivity index is 1.78. The van der Waals surface area contributed by atoms with Crippen molar-refractivity contribution in [3.8, 4) is 5.75 Å². The molecular weight excluding hydrogens is 306 g/mol. The predicted octanol–water partition coefficient (Wildman–Crippen LogP) is 0.908. The highest BCUT2D eigenvalue weighted by Crippen LogP contribution is 2.14. The molecule has 0 radical (unpaired) electrons. The van der Waals surface area contributed by atoms with Crippen LogP contribution in [-0.2, 0) is 16.0 Å². The standard InChI is InChI=1S/C18H27N3O3/c1-19-8-4-7-17(22)20-9-11-21(12-10-20)18(23)14-15-5-3-6-16(13-15)24-2/h3,5-6,13,19H,4,7-12,14H2,1-2H3. The number of amides is 2. The monoisotopic (exact) mass is 333 g/mol. The fourth-order valence-corrected chi connectivity index (χ4v) is 2.85. The number of ether oxygens (including phenoxy) is 1. The number of nitrogens with one attached hydrogen (secondary N) is 1. The van der Waals surface area contributed by atoms with Crippen molar-refractivity contribution in [2.24, 2.45) is 0 Å². The Bertz CT molecular complexity index is 554.